The van der Waals surface area contributed by atoms with Gasteiger partial charge in [-0.2, -0.15) is 5.10 Å². The minimum absolute atomic E-state index is 0.234. The van der Waals surface area contributed by atoms with Gasteiger partial charge in [0.1, 0.15) is 5.82 Å². The van der Waals surface area contributed by atoms with E-state index >= 15 is 0 Å². The van der Waals surface area contributed by atoms with E-state index in [1.54, 1.807) is 0 Å². The molecule has 2 heterocycles. The number of hydrogen-bond donors (Lipinski definition) is 1. The lowest BCUT2D eigenvalue weighted by Crippen LogP contribution is -2.03. The number of aromatic nitrogens is 4. The molecule has 0 aliphatic carbocycles. The topological polar surface area (TPSA) is 71.5 Å². The summed E-state index contributed by atoms with van der Waals surface area (Å²) in [6, 6.07) is 0. The van der Waals surface area contributed by atoms with E-state index in [4.69, 9.17) is 23.2 Å². The highest BCUT2D eigenvalue weighted by Gasteiger charge is 2.13. The fourth-order valence-corrected chi connectivity index (χ4v) is 3.40. The van der Waals surface area contributed by atoms with E-state index in [0.29, 0.717) is 21.4 Å². The van der Waals surface area contributed by atoms with Gasteiger partial charge in [0.05, 0.1) is 21.6 Å². The summed E-state index contributed by atoms with van der Waals surface area (Å²) in [4.78, 5) is 8.17. The highest BCUT2D eigenvalue weighted by atomic mass is 35.5. The Bertz CT molecular complexity index is 609. The number of halogens is 2. The average molecular weight is 333 g/mol. The minimum Gasteiger partial charge on any atom is -0.262 e. The van der Waals surface area contributed by atoms with Crippen molar-refractivity contribution in [3.63, 3.8) is 0 Å². The molecule has 0 saturated heterocycles. The summed E-state index contributed by atoms with van der Waals surface area (Å²) in [5, 5.41) is 7.72. The van der Waals surface area contributed by atoms with Crippen LogP contribution < -0.4 is 0 Å². The van der Waals surface area contributed by atoms with Gasteiger partial charge in [0.25, 0.3) is 0 Å². The van der Waals surface area contributed by atoms with Crippen molar-refractivity contribution < 1.29 is 4.21 Å². The normalized spacial score (nSPS) is 12.8. The largest absolute Gasteiger partial charge is 0.262 e. The van der Waals surface area contributed by atoms with Crippen LogP contribution in [0.3, 0.4) is 0 Å². The number of H-pyrrole nitrogens is 1. The molecule has 1 unspecified atom stereocenters. The van der Waals surface area contributed by atoms with Crippen molar-refractivity contribution in [1.82, 2.24) is 20.2 Å². The Morgan fingerprint density at radius 3 is 2.45 bits per heavy atom. The van der Waals surface area contributed by atoms with Crippen LogP contribution in [0.5, 0.6) is 0 Å². The molecule has 1 N–H and O–H groups in total. The van der Waals surface area contributed by atoms with Gasteiger partial charge >= 0.3 is 0 Å². The fraction of sp³-hybridized carbons (Fsp3) is 0.417. The molecule has 5 nitrogen and oxygen atoms in total. The standard InChI is InChI=1S/C12H14Cl2N4OS/c1-7(2)12-16-11(17-18-12)6-20(19)5-8-9(13)3-15-4-10(8)14/h3-4,7H,5-6H2,1-2H3,(H,16,17,18). The van der Waals surface area contributed by atoms with E-state index in [2.05, 4.69) is 20.2 Å². The second-order valence-electron chi connectivity index (χ2n) is 4.61. The molecule has 8 heteroatoms. The van der Waals surface area contributed by atoms with Crippen LogP contribution in [0, 0.1) is 0 Å². The maximum absolute atomic E-state index is 12.2. The predicted molar refractivity (Wildman–Crippen MR) is 80.3 cm³/mol. The van der Waals surface area contributed by atoms with Gasteiger partial charge in [0.15, 0.2) is 5.82 Å². The van der Waals surface area contributed by atoms with E-state index in [0.717, 1.165) is 5.82 Å². The number of rotatable bonds is 5. The van der Waals surface area contributed by atoms with E-state index in [-0.39, 0.29) is 17.4 Å². The monoisotopic (exact) mass is 332 g/mol. The summed E-state index contributed by atoms with van der Waals surface area (Å²) in [5.41, 5.74) is 0.644. The van der Waals surface area contributed by atoms with Gasteiger partial charge in [-0.25, -0.2) is 4.98 Å². The van der Waals surface area contributed by atoms with Gasteiger partial charge in [-0.3, -0.25) is 14.3 Å². The number of nitrogens with one attached hydrogen (secondary N) is 1. The van der Waals surface area contributed by atoms with Crippen molar-refractivity contribution >= 4 is 34.0 Å². The van der Waals surface area contributed by atoms with Crippen molar-refractivity contribution in [2.75, 3.05) is 0 Å². The molecule has 0 bridgehead atoms. The van der Waals surface area contributed by atoms with Crippen molar-refractivity contribution in [2.24, 2.45) is 0 Å². The zero-order valence-corrected chi connectivity index (χ0v) is 13.4. The van der Waals surface area contributed by atoms with Crippen LogP contribution in [0.15, 0.2) is 12.4 Å². The highest BCUT2D eigenvalue weighted by Crippen LogP contribution is 2.24. The summed E-state index contributed by atoms with van der Waals surface area (Å²) >= 11 is 12.0. The van der Waals surface area contributed by atoms with Gasteiger partial charge in [-0.15, -0.1) is 0 Å². The molecule has 20 heavy (non-hydrogen) atoms. The second kappa shape index (κ2) is 6.65. The first-order valence-electron chi connectivity index (χ1n) is 6.01. The summed E-state index contributed by atoms with van der Waals surface area (Å²) in [5.74, 6) is 2.11. The first kappa shape index (κ1) is 15.4. The molecule has 0 aromatic carbocycles. The van der Waals surface area contributed by atoms with Gasteiger partial charge in [0, 0.05) is 34.7 Å². The van der Waals surface area contributed by atoms with Crippen molar-refractivity contribution in [3.8, 4) is 0 Å². The maximum atomic E-state index is 12.2. The Hall–Kier alpha value is -0.980. The van der Waals surface area contributed by atoms with Crippen LogP contribution >= 0.6 is 23.2 Å². The number of nitrogens with zero attached hydrogens (tertiary/aromatic N) is 3. The third-order valence-electron chi connectivity index (χ3n) is 2.62. The second-order valence-corrected chi connectivity index (χ2v) is 6.88. The molecule has 0 aliphatic rings. The Labute approximate surface area is 129 Å². The number of hydrogen-bond acceptors (Lipinski definition) is 4. The van der Waals surface area contributed by atoms with E-state index in [1.807, 2.05) is 13.8 Å². The minimum atomic E-state index is -1.17. The summed E-state index contributed by atoms with van der Waals surface area (Å²) < 4.78 is 12.2. The Kier molecular flexibility index (Phi) is 5.12. The van der Waals surface area contributed by atoms with E-state index in [1.165, 1.54) is 12.4 Å². The first-order valence-corrected chi connectivity index (χ1v) is 8.25. The lowest BCUT2D eigenvalue weighted by molar-refractivity contribution is 0.681. The Morgan fingerprint density at radius 1 is 1.25 bits per heavy atom. The molecule has 0 saturated carbocycles. The van der Waals surface area contributed by atoms with Gasteiger partial charge < -0.3 is 0 Å². The van der Waals surface area contributed by atoms with E-state index < -0.39 is 10.8 Å². The number of aromatic amines is 1. The van der Waals surface area contributed by atoms with Gasteiger partial charge in [0.2, 0.25) is 0 Å². The average Bonchev–Trinajstić information content (AvgIpc) is 2.82. The lowest BCUT2D eigenvalue weighted by atomic mass is 10.2. The summed E-state index contributed by atoms with van der Waals surface area (Å²) in [6.45, 7) is 4.00. The SMILES string of the molecule is CC(C)c1n[nH]c(CS(=O)Cc2c(Cl)cncc2Cl)n1. The molecule has 2 rings (SSSR count). The predicted octanol–water partition coefficient (Wildman–Crippen LogP) is 3.08. The quantitative estimate of drug-likeness (QED) is 0.913. The molecular weight excluding hydrogens is 319 g/mol. The molecule has 2 aromatic rings. The maximum Gasteiger partial charge on any atom is 0.153 e. The molecule has 108 valence electrons. The molecule has 1 atom stereocenters. The Morgan fingerprint density at radius 2 is 1.90 bits per heavy atom. The molecule has 2 aromatic heterocycles. The van der Waals surface area contributed by atoms with Crippen LogP contribution in [0.4, 0.5) is 0 Å². The zero-order chi connectivity index (χ0) is 14.7. The molecule has 0 aliphatic heterocycles. The molecule has 0 fully saturated rings. The van der Waals surface area contributed by atoms with Gasteiger partial charge in [-0.1, -0.05) is 37.0 Å². The third-order valence-corrected chi connectivity index (χ3v) is 4.48. The Balaban J connectivity index is 2.05. The summed E-state index contributed by atoms with van der Waals surface area (Å²) in [6.07, 6.45) is 2.98. The lowest BCUT2D eigenvalue weighted by Gasteiger charge is -2.05. The van der Waals surface area contributed by atoms with E-state index in [9.17, 15) is 4.21 Å². The fourth-order valence-electron chi connectivity index (χ4n) is 1.57. The summed E-state index contributed by atoms with van der Waals surface area (Å²) in [7, 11) is -1.17. The molecule has 0 radical (unpaired) electrons. The van der Waals surface area contributed by atoms with Crippen molar-refractivity contribution in [3.05, 3.63) is 39.7 Å². The van der Waals surface area contributed by atoms with Crippen LogP contribution in [0.2, 0.25) is 10.0 Å². The zero-order valence-electron chi connectivity index (χ0n) is 11.1. The molecular formula is C12H14Cl2N4OS. The molecule has 0 amide bonds. The third kappa shape index (κ3) is 3.77. The van der Waals surface area contributed by atoms with Crippen LogP contribution in [0.25, 0.3) is 0 Å². The van der Waals surface area contributed by atoms with Crippen molar-refractivity contribution in [1.29, 1.82) is 0 Å². The highest BCUT2D eigenvalue weighted by molar-refractivity contribution is 7.83. The number of pyridine rings is 1. The molecule has 0 spiro atoms. The van der Waals surface area contributed by atoms with Crippen LogP contribution in [-0.4, -0.2) is 24.4 Å². The van der Waals surface area contributed by atoms with Crippen molar-refractivity contribution in [2.45, 2.75) is 31.3 Å². The van der Waals surface area contributed by atoms with Gasteiger partial charge in [-0.05, 0) is 0 Å². The first-order chi connectivity index (χ1) is 9.47. The smallest absolute Gasteiger partial charge is 0.153 e. The van der Waals surface area contributed by atoms with Crippen LogP contribution in [-0.2, 0) is 22.3 Å². The van der Waals surface area contributed by atoms with Crippen LogP contribution in [0.1, 0.15) is 37.0 Å².